The molecule has 1 aromatic rings. The van der Waals surface area contributed by atoms with Crippen molar-refractivity contribution >= 4 is 27.6 Å². The summed E-state index contributed by atoms with van der Waals surface area (Å²) in [5, 5.41) is 2.56. The molecule has 1 fully saturated rings. The van der Waals surface area contributed by atoms with Crippen LogP contribution in [0.1, 0.15) is 26.7 Å². The van der Waals surface area contributed by atoms with Crippen LogP contribution in [0.4, 0.5) is 5.69 Å². The Morgan fingerprint density at radius 1 is 1.19 bits per heavy atom. The second-order valence-corrected chi connectivity index (χ2v) is 8.12. The number of sulfonamides is 1. The van der Waals surface area contributed by atoms with E-state index in [1.807, 2.05) is 0 Å². The third-order valence-corrected chi connectivity index (χ3v) is 6.07. The van der Waals surface area contributed by atoms with Crippen LogP contribution in [0.25, 0.3) is 0 Å². The van der Waals surface area contributed by atoms with Crippen molar-refractivity contribution in [2.24, 2.45) is 5.92 Å². The van der Waals surface area contributed by atoms with Gasteiger partial charge in [0.05, 0.1) is 11.5 Å². The van der Waals surface area contributed by atoms with Gasteiger partial charge in [-0.05, 0) is 49.9 Å². The summed E-state index contributed by atoms with van der Waals surface area (Å²) in [4.78, 5) is 23.1. The highest BCUT2D eigenvalue weighted by atomic mass is 32.2. The molecule has 0 bridgehead atoms. The Balaban J connectivity index is 1.99. The highest BCUT2D eigenvalue weighted by Gasteiger charge is 2.27. The summed E-state index contributed by atoms with van der Waals surface area (Å²) in [7, 11) is -3.51. The van der Waals surface area contributed by atoms with Crippen LogP contribution in [0.15, 0.2) is 41.3 Å². The Hall–Kier alpha value is -2.19. The molecule has 0 radical (unpaired) electrons. The molecule has 1 heterocycles. The van der Waals surface area contributed by atoms with Gasteiger partial charge in [-0.25, -0.2) is 13.2 Å². The number of rotatable bonds is 6. The van der Waals surface area contributed by atoms with E-state index >= 15 is 0 Å². The summed E-state index contributed by atoms with van der Waals surface area (Å²) in [5.74, 6) is -0.555. The molecule has 0 saturated carbocycles. The van der Waals surface area contributed by atoms with Crippen molar-refractivity contribution in [1.82, 2.24) is 4.31 Å². The van der Waals surface area contributed by atoms with E-state index in [0.29, 0.717) is 24.7 Å². The first-order valence-electron chi connectivity index (χ1n) is 8.59. The van der Waals surface area contributed by atoms with Crippen LogP contribution in [0.3, 0.4) is 0 Å². The molecule has 1 amide bonds. The summed E-state index contributed by atoms with van der Waals surface area (Å²) in [6.45, 7) is 5.08. The van der Waals surface area contributed by atoms with Gasteiger partial charge in [-0.2, -0.15) is 4.31 Å². The Morgan fingerprint density at radius 3 is 2.38 bits per heavy atom. The summed E-state index contributed by atoms with van der Waals surface area (Å²) in [6.07, 6.45) is 3.83. The van der Waals surface area contributed by atoms with E-state index in [2.05, 4.69) is 17.0 Å². The molecular weight excluding hydrogens is 356 g/mol. The van der Waals surface area contributed by atoms with E-state index in [9.17, 15) is 18.0 Å². The second kappa shape index (κ2) is 8.95. The Kier molecular flexibility index (Phi) is 6.93. The van der Waals surface area contributed by atoms with Gasteiger partial charge < -0.3 is 10.1 Å². The normalized spacial score (nSPS) is 16.5. The maximum atomic E-state index is 12.6. The molecule has 26 heavy (non-hydrogen) atoms. The van der Waals surface area contributed by atoms with Crippen LogP contribution < -0.4 is 5.32 Å². The van der Waals surface area contributed by atoms with Crippen molar-refractivity contribution in [1.29, 1.82) is 0 Å². The van der Waals surface area contributed by atoms with Crippen LogP contribution in [0.2, 0.25) is 0 Å². The number of hydrogen-bond donors (Lipinski definition) is 1. The fourth-order valence-corrected chi connectivity index (χ4v) is 4.07. The number of carbonyl (C=O) groups excluding carboxylic acids is 2. The molecule has 7 nitrogen and oxygen atoms in total. The lowest BCUT2D eigenvalue weighted by Gasteiger charge is -2.29. The molecular formula is C18H24N2O5S. The number of carbonyl (C=O) groups is 2. The molecule has 0 unspecified atom stereocenters. The first-order valence-corrected chi connectivity index (χ1v) is 10.0. The van der Waals surface area contributed by atoms with Crippen molar-refractivity contribution < 1.29 is 22.7 Å². The van der Waals surface area contributed by atoms with Gasteiger partial charge in [-0.15, -0.1) is 0 Å². The maximum Gasteiger partial charge on any atom is 0.330 e. The number of esters is 1. The number of nitrogens with zero attached hydrogens (tertiary/aromatic N) is 1. The van der Waals surface area contributed by atoms with Crippen LogP contribution in [0, 0.1) is 5.92 Å². The van der Waals surface area contributed by atoms with Crippen LogP contribution in [-0.4, -0.2) is 44.3 Å². The number of ether oxygens (including phenoxy) is 1. The molecule has 2 rings (SSSR count). The van der Waals surface area contributed by atoms with Crippen LogP contribution in [-0.2, 0) is 24.3 Å². The summed E-state index contributed by atoms with van der Waals surface area (Å²) < 4.78 is 31.5. The van der Waals surface area contributed by atoms with Gasteiger partial charge in [0, 0.05) is 30.9 Å². The van der Waals surface area contributed by atoms with E-state index in [1.165, 1.54) is 28.6 Å². The van der Waals surface area contributed by atoms with E-state index in [0.717, 1.165) is 25.0 Å². The molecule has 0 aromatic heterocycles. The lowest BCUT2D eigenvalue weighted by molar-refractivity contribution is -0.137. The maximum absolute atomic E-state index is 12.6. The van der Waals surface area contributed by atoms with E-state index in [1.54, 1.807) is 6.92 Å². The van der Waals surface area contributed by atoms with E-state index in [4.69, 9.17) is 0 Å². The van der Waals surface area contributed by atoms with Gasteiger partial charge in [0.1, 0.15) is 0 Å². The van der Waals surface area contributed by atoms with Gasteiger partial charge in [-0.3, -0.25) is 4.79 Å². The summed E-state index contributed by atoms with van der Waals surface area (Å²) >= 11 is 0. The Bertz CT molecular complexity index is 763. The fraction of sp³-hybridized carbons (Fsp3) is 0.444. The second-order valence-electron chi connectivity index (χ2n) is 6.19. The lowest BCUT2D eigenvalue weighted by Crippen LogP contribution is -2.37. The zero-order valence-corrected chi connectivity index (χ0v) is 15.8. The van der Waals surface area contributed by atoms with Gasteiger partial charge in [0.25, 0.3) is 0 Å². The molecule has 0 aliphatic carbocycles. The molecule has 1 saturated heterocycles. The Labute approximate surface area is 154 Å². The first-order chi connectivity index (χ1) is 12.3. The quantitative estimate of drug-likeness (QED) is 0.603. The minimum Gasteiger partial charge on any atom is -0.463 e. The number of piperidine rings is 1. The molecule has 0 atom stereocenters. The molecule has 142 valence electrons. The van der Waals surface area contributed by atoms with Crippen molar-refractivity contribution in [2.45, 2.75) is 31.6 Å². The van der Waals surface area contributed by atoms with Gasteiger partial charge in [0.2, 0.25) is 15.9 Å². The monoisotopic (exact) mass is 380 g/mol. The standard InChI is InChI=1S/C18H24N2O5S/c1-3-25-18(22)9-8-17(21)19-15-4-6-16(7-5-15)26(23,24)20-12-10-14(2)11-13-20/h4-9,14H,3,10-13H2,1-2H3,(H,19,21)/b9-8+. The highest BCUT2D eigenvalue weighted by Crippen LogP contribution is 2.24. The average Bonchev–Trinajstić information content (AvgIpc) is 2.61. The zero-order chi connectivity index (χ0) is 19.2. The highest BCUT2D eigenvalue weighted by molar-refractivity contribution is 7.89. The molecule has 1 aliphatic heterocycles. The molecule has 1 N–H and O–H groups in total. The number of hydrogen-bond acceptors (Lipinski definition) is 5. The predicted octanol–water partition coefficient (Wildman–Crippen LogP) is 2.17. The third kappa shape index (κ3) is 5.40. The SMILES string of the molecule is CCOC(=O)/C=C/C(=O)Nc1ccc(S(=O)(=O)N2CCC(C)CC2)cc1. The number of benzene rings is 1. The minimum atomic E-state index is -3.51. The van der Waals surface area contributed by atoms with Crippen LogP contribution >= 0.6 is 0 Å². The molecule has 0 spiro atoms. The van der Waals surface area contributed by atoms with Gasteiger partial charge in [0.15, 0.2) is 0 Å². The third-order valence-electron chi connectivity index (χ3n) is 4.16. The van der Waals surface area contributed by atoms with E-state index in [-0.39, 0.29) is 11.5 Å². The summed E-state index contributed by atoms with van der Waals surface area (Å²) in [6, 6.07) is 5.99. The molecule has 1 aromatic carbocycles. The molecule has 1 aliphatic rings. The smallest absolute Gasteiger partial charge is 0.330 e. The fourth-order valence-electron chi connectivity index (χ4n) is 2.60. The lowest BCUT2D eigenvalue weighted by atomic mass is 10.0. The number of nitrogens with one attached hydrogen (secondary N) is 1. The zero-order valence-electron chi connectivity index (χ0n) is 15.0. The Morgan fingerprint density at radius 2 is 1.81 bits per heavy atom. The molecule has 8 heteroatoms. The number of anilines is 1. The van der Waals surface area contributed by atoms with Gasteiger partial charge in [-0.1, -0.05) is 6.92 Å². The van der Waals surface area contributed by atoms with Gasteiger partial charge >= 0.3 is 5.97 Å². The average molecular weight is 380 g/mol. The first kappa shape index (κ1) is 20.1. The van der Waals surface area contributed by atoms with Crippen molar-refractivity contribution in [2.75, 3.05) is 25.0 Å². The predicted molar refractivity (Wildman–Crippen MR) is 98.0 cm³/mol. The van der Waals surface area contributed by atoms with Crippen molar-refractivity contribution in [3.05, 3.63) is 36.4 Å². The minimum absolute atomic E-state index is 0.201. The number of amides is 1. The van der Waals surface area contributed by atoms with Crippen molar-refractivity contribution in [3.63, 3.8) is 0 Å². The topological polar surface area (TPSA) is 92.8 Å². The largest absolute Gasteiger partial charge is 0.463 e. The summed E-state index contributed by atoms with van der Waals surface area (Å²) in [5.41, 5.74) is 0.440. The van der Waals surface area contributed by atoms with Crippen molar-refractivity contribution in [3.8, 4) is 0 Å². The van der Waals surface area contributed by atoms with E-state index < -0.39 is 21.9 Å². The van der Waals surface area contributed by atoms with Crippen LogP contribution in [0.5, 0.6) is 0 Å².